The number of carbonyl (C=O) groups excluding carboxylic acids is 1. The van der Waals surface area contributed by atoms with Crippen molar-refractivity contribution in [2.24, 2.45) is 5.16 Å². The number of oxime groups is 1. The van der Waals surface area contributed by atoms with Crippen LogP contribution in [-0.2, 0) is 4.84 Å². The summed E-state index contributed by atoms with van der Waals surface area (Å²) in [7, 11) is 0. The zero-order valence-electron chi connectivity index (χ0n) is 18.5. The molecule has 3 aromatic carbocycles. The van der Waals surface area contributed by atoms with Gasteiger partial charge in [0.15, 0.2) is 6.10 Å². The van der Waals surface area contributed by atoms with Crippen molar-refractivity contribution in [2.45, 2.75) is 12.5 Å². The molecule has 7 heteroatoms. The summed E-state index contributed by atoms with van der Waals surface area (Å²) in [5.74, 6) is 0.800. The van der Waals surface area contributed by atoms with Crippen LogP contribution in [0.3, 0.4) is 0 Å². The van der Waals surface area contributed by atoms with Crippen molar-refractivity contribution in [2.75, 3.05) is 18.5 Å². The van der Waals surface area contributed by atoms with Gasteiger partial charge in [-0.1, -0.05) is 59.8 Å². The van der Waals surface area contributed by atoms with Gasteiger partial charge in [-0.25, -0.2) is 4.79 Å². The molecule has 0 bridgehead atoms. The lowest BCUT2D eigenvalue weighted by Gasteiger charge is -2.14. The van der Waals surface area contributed by atoms with Crippen LogP contribution in [0.4, 0.5) is 10.5 Å². The highest BCUT2D eigenvalue weighted by Gasteiger charge is 2.22. The lowest BCUT2D eigenvalue weighted by atomic mass is 10.0. The number of carbonyl (C=O) groups is 1. The highest BCUT2D eigenvalue weighted by Crippen LogP contribution is 2.30. The van der Waals surface area contributed by atoms with Crippen molar-refractivity contribution < 1.29 is 14.4 Å². The summed E-state index contributed by atoms with van der Waals surface area (Å²) in [5, 5.41) is 11.8. The number of para-hydroxylation sites is 1. The number of anilines is 1. The zero-order chi connectivity index (χ0) is 23.2. The lowest BCUT2D eigenvalue weighted by Crippen LogP contribution is -2.33. The van der Waals surface area contributed by atoms with E-state index >= 15 is 0 Å². The van der Waals surface area contributed by atoms with Crippen LogP contribution in [-0.4, -0.2) is 36.0 Å². The molecule has 1 aliphatic heterocycles. The van der Waals surface area contributed by atoms with Crippen LogP contribution in [0.15, 0.2) is 96.4 Å². The molecule has 1 unspecified atom stereocenters. The van der Waals surface area contributed by atoms with Gasteiger partial charge in [0.1, 0.15) is 12.4 Å². The number of hydrogen-bond acceptors (Lipinski definition) is 5. The van der Waals surface area contributed by atoms with Gasteiger partial charge in [0.2, 0.25) is 0 Å². The van der Waals surface area contributed by atoms with Crippen LogP contribution in [0, 0.1) is 0 Å². The van der Waals surface area contributed by atoms with E-state index in [0.717, 1.165) is 33.4 Å². The molecule has 170 valence electrons. The van der Waals surface area contributed by atoms with E-state index in [0.29, 0.717) is 25.3 Å². The number of benzene rings is 3. The summed E-state index contributed by atoms with van der Waals surface area (Å²) in [5.41, 5.74) is 3.60. The number of fused-ring (bicyclic) bond motifs is 1. The molecule has 2 N–H and O–H groups in total. The minimum absolute atomic E-state index is 0.198. The van der Waals surface area contributed by atoms with Gasteiger partial charge in [0, 0.05) is 35.5 Å². The molecule has 0 fully saturated rings. The largest absolute Gasteiger partial charge is 0.489 e. The van der Waals surface area contributed by atoms with Gasteiger partial charge in [0.25, 0.3) is 0 Å². The fraction of sp³-hybridized carbons (Fsp3) is 0.148. The number of nitrogens with one attached hydrogen (secondary N) is 2. The number of urea groups is 1. The second kappa shape index (κ2) is 10.0. The maximum atomic E-state index is 12.3. The molecule has 0 radical (unpaired) electrons. The minimum Gasteiger partial charge on any atom is -0.489 e. The Morgan fingerprint density at radius 3 is 2.76 bits per heavy atom. The standard InChI is InChI=1S/C27H24N4O3/c32-27(30-22-11-10-19-12-13-28-16-21(19)14-22)29-17-23-15-24(34-31-23)18-33-26-9-5-4-8-25(26)20-6-2-1-3-7-20/h1-14,16,24H,15,17-18H2,(H2,29,30,32). The second-order valence-corrected chi connectivity index (χ2v) is 8.01. The topological polar surface area (TPSA) is 84.8 Å². The van der Waals surface area contributed by atoms with Gasteiger partial charge in [-0.05, 0) is 35.2 Å². The molecular formula is C27H24N4O3. The van der Waals surface area contributed by atoms with E-state index in [1.165, 1.54) is 0 Å². The Hall–Kier alpha value is -4.39. The smallest absolute Gasteiger partial charge is 0.319 e. The van der Waals surface area contributed by atoms with Gasteiger partial charge in [0.05, 0.1) is 12.3 Å². The Morgan fingerprint density at radius 1 is 1.00 bits per heavy atom. The van der Waals surface area contributed by atoms with Crippen molar-refractivity contribution in [3.05, 3.63) is 91.3 Å². The highest BCUT2D eigenvalue weighted by atomic mass is 16.7. The SMILES string of the molecule is O=C(NCC1=NOC(COc2ccccc2-c2ccccc2)C1)Nc1ccc2ccncc2c1. The second-order valence-electron chi connectivity index (χ2n) is 8.01. The van der Waals surface area contributed by atoms with Crippen LogP contribution < -0.4 is 15.4 Å². The number of aromatic nitrogens is 1. The Morgan fingerprint density at radius 2 is 1.85 bits per heavy atom. The molecule has 0 aliphatic carbocycles. The van der Waals surface area contributed by atoms with Crippen LogP contribution in [0.5, 0.6) is 5.75 Å². The first-order valence-corrected chi connectivity index (χ1v) is 11.1. The van der Waals surface area contributed by atoms with Gasteiger partial charge in [-0.3, -0.25) is 4.98 Å². The molecule has 1 aliphatic rings. The average molecular weight is 453 g/mol. The van der Waals surface area contributed by atoms with Crippen molar-refractivity contribution >= 4 is 28.2 Å². The van der Waals surface area contributed by atoms with E-state index in [2.05, 4.69) is 32.9 Å². The van der Waals surface area contributed by atoms with Crippen LogP contribution in [0.25, 0.3) is 21.9 Å². The van der Waals surface area contributed by atoms with E-state index < -0.39 is 0 Å². The molecule has 0 spiro atoms. The Balaban J connectivity index is 1.10. The minimum atomic E-state index is -0.303. The van der Waals surface area contributed by atoms with Crippen molar-refractivity contribution in [1.82, 2.24) is 10.3 Å². The molecule has 0 saturated heterocycles. The van der Waals surface area contributed by atoms with E-state index in [4.69, 9.17) is 9.57 Å². The number of nitrogens with zero attached hydrogens (tertiary/aromatic N) is 2. The number of rotatable bonds is 7. The highest BCUT2D eigenvalue weighted by molar-refractivity contribution is 5.96. The third kappa shape index (κ3) is 5.15. The summed E-state index contributed by atoms with van der Waals surface area (Å²) in [4.78, 5) is 21.9. The van der Waals surface area contributed by atoms with Crippen LogP contribution >= 0.6 is 0 Å². The maximum absolute atomic E-state index is 12.3. The van der Waals surface area contributed by atoms with Gasteiger partial charge in [-0.2, -0.15) is 0 Å². The number of ether oxygens (including phenoxy) is 1. The summed E-state index contributed by atoms with van der Waals surface area (Å²) in [6, 6.07) is 25.4. The molecular weight excluding hydrogens is 428 g/mol. The normalized spacial score (nSPS) is 14.8. The molecule has 4 aromatic rings. The first-order valence-electron chi connectivity index (χ1n) is 11.1. The quantitative estimate of drug-likeness (QED) is 0.401. The number of hydrogen-bond donors (Lipinski definition) is 2. The molecule has 7 nitrogen and oxygen atoms in total. The molecule has 2 heterocycles. The number of amides is 2. The van der Waals surface area contributed by atoms with E-state index in [1.807, 2.05) is 66.7 Å². The Labute approximate surface area is 197 Å². The van der Waals surface area contributed by atoms with Crippen LogP contribution in [0.1, 0.15) is 6.42 Å². The number of pyridine rings is 1. The predicted octanol–water partition coefficient (Wildman–Crippen LogP) is 5.25. The first kappa shape index (κ1) is 21.5. The fourth-order valence-corrected chi connectivity index (χ4v) is 3.83. The first-order chi connectivity index (χ1) is 16.7. The van der Waals surface area contributed by atoms with Crippen molar-refractivity contribution in [3.63, 3.8) is 0 Å². The monoisotopic (exact) mass is 452 g/mol. The van der Waals surface area contributed by atoms with E-state index in [1.54, 1.807) is 12.4 Å². The Kier molecular flexibility index (Phi) is 6.34. The Bertz CT molecular complexity index is 1320. The molecule has 0 saturated carbocycles. The van der Waals surface area contributed by atoms with Crippen molar-refractivity contribution in [1.29, 1.82) is 0 Å². The van der Waals surface area contributed by atoms with Crippen LogP contribution in [0.2, 0.25) is 0 Å². The molecule has 34 heavy (non-hydrogen) atoms. The molecule has 1 aromatic heterocycles. The summed E-state index contributed by atoms with van der Waals surface area (Å²) >= 11 is 0. The van der Waals surface area contributed by atoms with E-state index in [9.17, 15) is 4.79 Å². The van der Waals surface area contributed by atoms with Gasteiger partial charge in [-0.15, -0.1) is 0 Å². The third-order valence-electron chi connectivity index (χ3n) is 5.54. The summed E-state index contributed by atoms with van der Waals surface area (Å²) in [6.45, 7) is 0.673. The molecule has 2 amide bonds. The van der Waals surface area contributed by atoms with Crippen molar-refractivity contribution in [3.8, 4) is 16.9 Å². The summed E-state index contributed by atoms with van der Waals surface area (Å²) in [6.07, 6.45) is 3.91. The molecule has 5 rings (SSSR count). The average Bonchev–Trinajstić information content (AvgIpc) is 3.35. The summed E-state index contributed by atoms with van der Waals surface area (Å²) < 4.78 is 6.06. The fourth-order valence-electron chi connectivity index (χ4n) is 3.83. The third-order valence-corrected chi connectivity index (χ3v) is 5.54. The van der Waals surface area contributed by atoms with E-state index in [-0.39, 0.29) is 12.1 Å². The lowest BCUT2D eigenvalue weighted by molar-refractivity contribution is 0.0472. The predicted molar refractivity (Wildman–Crippen MR) is 133 cm³/mol. The van der Waals surface area contributed by atoms with Gasteiger partial charge < -0.3 is 20.2 Å². The van der Waals surface area contributed by atoms with Gasteiger partial charge >= 0.3 is 6.03 Å². The zero-order valence-corrected chi connectivity index (χ0v) is 18.5. The molecule has 1 atom stereocenters. The maximum Gasteiger partial charge on any atom is 0.319 e.